The van der Waals surface area contributed by atoms with Gasteiger partial charge in [0.25, 0.3) is 0 Å². The number of furan rings is 1. The summed E-state index contributed by atoms with van der Waals surface area (Å²) in [6.45, 7) is 0. The fourth-order valence-electron chi connectivity index (χ4n) is 9.75. The molecule has 13 aromatic rings. The molecule has 0 aliphatic heterocycles. The first kappa shape index (κ1) is 32.9. The second-order valence-electron chi connectivity index (χ2n) is 15.7. The molecule has 13 rings (SSSR count). The van der Waals surface area contributed by atoms with Gasteiger partial charge in [0.2, 0.25) is 5.71 Å². The first-order valence-electron chi connectivity index (χ1n) is 20.5. The molecule has 0 aliphatic rings. The Kier molecular flexibility index (Phi) is 6.98. The molecule has 0 atom stereocenters. The van der Waals surface area contributed by atoms with Gasteiger partial charge in [-0.2, -0.15) is 0 Å². The summed E-state index contributed by atoms with van der Waals surface area (Å²) in [5.41, 5.74) is 15.8. The Morgan fingerprint density at radius 2 is 0.700 bits per heavy atom. The summed E-state index contributed by atoms with van der Waals surface area (Å²) < 4.78 is 13.7. The topological polar surface area (TPSA) is 27.9 Å². The van der Waals surface area contributed by atoms with E-state index in [0.29, 0.717) is 0 Å². The number of hydrogen-bond acceptors (Lipinski definition) is 1. The third-order valence-electron chi connectivity index (χ3n) is 12.5. The molecule has 0 saturated heterocycles. The number of aromatic nitrogens is 3. The summed E-state index contributed by atoms with van der Waals surface area (Å²) >= 11 is 0. The fourth-order valence-corrected chi connectivity index (χ4v) is 9.75. The molecule has 0 spiro atoms. The van der Waals surface area contributed by atoms with Crippen LogP contribution in [0.1, 0.15) is 0 Å². The number of para-hydroxylation sites is 5. The van der Waals surface area contributed by atoms with Crippen LogP contribution in [0.5, 0.6) is 0 Å². The largest absolute Gasteiger partial charge is 0.439 e. The quantitative estimate of drug-likeness (QED) is 0.171. The molecule has 60 heavy (non-hydrogen) atoms. The van der Waals surface area contributed by atoms with E-state index in [9.17, 15) is 0 Å². The Morgan fingerprint density at radius 1 is 0.267 bits per heavy atom. The molecule has 0 unspecified atom stereocenters. The van der Waals surface area contributed by atoms with Crippen LogP contribution in [0.3, 0.4) is 0 Å². The minimum absolute atomic E-state index is 0.871. The summed E-state index contributed by atoms with van der Waals surface area (Å²) in [5, 5.41) is 8.43. The average molecular weight is 766 g/mol. The van der Waals surface area contributed by atoms with E-state index in [-0.39, 0.29) is 0 Å². The van der Waals surface area contributed by atoms with Gasteiger partial charge in [-0.1, -0.05) is 127 Å². The van der Waals surface area contributed by atoms with Crippen molar-refractivity contribution in [3.05, 3.63) is 212 Å². The van der Waals surface area contributed by atoms with Gasteiger partial charge in [0.05, 0.1) is 33.0 Å². The summed E-state index contributed by atoms with van der Waals surface area (Å²) in [5.74, 6) is 0. The van der Waals surface area contributed by atoms with Gasteiger partial charge >= 0.3 is 0 Å². The lowest BCUT2D eigenvalue weighted by Crippen LogP contribution is -1.95. The minimum Gasteiger partial charge on any atom is -0.439 e. The Morgan fingerprint density at radius 3 is 1.33 bits per heavy atom. The molecule has 0 amide bonds. The Balaban J connectivity index is 0.938. The van der Waals surface area contributed by atoms with Crippen molar-refractivity contribution >= 4 is 76.6 Å². The lowest BCUT2D eigenvalue weighted by molar-refractivity contribution is 0.645. The molecule has 9 aromatic carbocycles. The third-order valence-corrected chi connectivity index (χ3v) is 12.5. The fraction of sp³-hybridized carbons (Fsp3) is 0. The maximum atomic E-state index is 6.61. The van der Waals surface area contributed by atoms with Crippen LogP contribution in [-0.2, 0) is 0 Å². The lowest BCUT2D eigenvalue weighted by Gasteiger charge is -2.10. The molecular weight excluding hydrogens is 731 g/mol. The van der Waals surface area contributed by atoms with Crippen LogP contribution in [0.4, 0.5) is 0 Å². The van der Waals surface area contributed by atoms with Crippen molar-refractivity contribution in [3.63, 3.8) is 0 Å². The molecule has 4 nitrogen and oxygen atoms in total. The highest BCUT2D eigenvalue weighted by atomic mass is 16.3. The van der Waals surface area contributed by atoms with E-state index in [2.05, 4.69) is 226 Å². The number of fused-ring (bicyclic) bond motifs is 11. The number of hydrogen-bond donors (Lipinski definition) is 0. The zero-order chi connectivity index (χ0) is 39.3. The smallest absolute Gasteiger partial charge is 0.213 e. The first-order chi connectivity index (χ1) is 29.8. The second-order valence-corrected chi connectivity index (χ2v) is 15.7. The predicted octanol–water partition coefficient (Wildman–Crippen LogP) is 15.1. The van der Waals surface area contributed by atoms with Crippen molar-refractivity contribution < 1.29 is 4.42 Å². The Labute approximate surface area is 345 Å². The van der Waals surface area contributed by atoms with E-state index < -0.39 is 0 Å². The van der Waals surface area contributed by atoms with Crippen LogP contribution in [0.15, 0.2) is 217 Å². The average Bonchev–Trinajstić information content (AvgIpc) is 4.05. The van der Waals surface area contributed by atoms with E-state index >= 15 is 0 Å². The zero-order valence-corrected chi connectivity index (χ0v) is 32.5. The Hall–Kier alpha value is -8.08. The monoisotopic (exact) mass is 765 g/mol. The molecule has 0 fully saturated rings. The van der Waals surface area contributed by atoms with Gasteiger partial charge in [0.1, 0.15) is 5.58 Å². The normalized spacial score (nSPS) is 12.0. The molecule has 0 radical (unpaired) electrons. The maximum absolute atomic E-state index is 6.61. The van der Waals surface area contributed by atoms with Crippen LogP contribution in [0.2, 0.25) is 0 Å². The van der Waals surface area contributed by atoms with Gasteiger partial charge in [-0.25, -0.2) is 0 Å². The van der Waals surface area contributed by atoms with Crippen molar-refractivity contribution in [2.75, 3.05) is 0 Å². The molecular formula is C56H35N3O. The van der Waals surface area contributed by atoms with Crippen LogP contribution in [0, 0.1) is 0 Å². The van der Waals surface area contributed by atoms with Crippen molar-refractivity contribution in [1.29, 1.82) is 0 Å². The van der Waals surface area contributed by atoms with Crippen LogP contribution < -0.4 is 0 Å². The molecule has 0 bridgehead atoms. The van der Waals surface area contributed by atoms with Crippen LogP contribution >= 0.6 is 0 Å². The molecule has 0 aliphatic carbocycles. The molecule has 4 aromatic heterocycles. The van der Waals surface area contributed by atoms with E-state index in [0.717, 1.165) is 50.2 Å². The second kappa shape index (κ2) is 12.7. The number of benzene rings is 9. The standard InChI is InChI=1S/C56H35N3O/c1-3-13-40(14-4-1)57-52-30-27-38(33-46(52)47-35-42(29-31-53(47)57)58-49-20-10-7-17-43(49)44-18-8-11-21-50(44)58)36-23-25-37(26-24-36)39-28-32-54-48(34-39)55-45-19-9-12-22-51(45)59(56(55)60-54)41-15-5-2-6-16-41/h1-35H. The molecule has 0 saturated carbocycles. The van der Waals surface area contributed by atoms with Crippen molar-refractivity contribution in [3.8, 4) is 39.3 Å². The number of rotatable bonds is 5. The maximum Gasteiger partial charge on any atom is 0.213 e. The van der Waals surface area contributed by atoms with Crippen molar-refractivity contribution in [1.82, 2.24) is 13.7 Å². The summed E-state index contributed by atoms with van der Waals surface area (Å²) in [7, 11) is 0. The van der Waals surface area contributed by atoms with E-state index in [1.807, 2.05) is 0 Å². The first-order valence-corrected chi connectivity index (χ1v) is 20.5. The highest BCUT2D eigenvalue weighted by Gasteiger charge is 2.20. The van der Waals surface area contributed by atoms with Gasteiger partial charge in [0.15, 0.2) is 0 Å². The van der Waals surface area contributed by atoms with Gasteiger partial charge in [-0.3, -0.25) is 4.57 Å². The molecule has 0 N–H and O–H groups in total. The van der Waals surface area contributed by atoms with Gasteiger partial charge in [-0.15, -0.1) is 0 Å². The number of nitrogens with zero attached hydrogens (tertiary/aromatic N) is 3. The van der Waals surface area contributed by atoms with Crippen LogP contribution in [0.25, 0.3) is 116 Å². The van der Waals surface area contributed by atoms with Crippen molar-refractivity contribution in [2.24, 2.45) is 0 Å². The lowest BCUT2D eigenvalue weighted by atomic mass is 9.98. The minimum atomic E-state index is 0.871. The van der Waals surface area contributed by atoms with Crippen molar-refractivity contribution in [2.45, 2.75) is 0 Å². The predicted molar refractivity (Wildman–Crippen MR) is 250 cm³/mol. The SMILES string of the molecule is c1ccc(-n2c3ccc(-c4ccc(-c5ccc6oc7c(c6c5)c5ccccc5n7-c5ccccc5)cc4)cc3c3cc(-n4c5ccccc5c5ccccc54)ccc32)cc1. The van der Waals surface area contributed by atoms with Gasteiger partial charge < -0.3 is 13.6 Å². The third kappa shape index (κ3) is 4.79. The molecule has 280 valence electrons. The Bertz CT molecular complexity index is 3750. The highest BCUT2D eigenvalue weighted by Crippen LogP contribution is 2.42. The molecule has 4 heterocycles. The van der Waals surface area contributed by atoms with E-state index in [1.165, 1.54) is 65.7 Å². The highest BCUT2D eigenvalue weighted by molar-refractivity contribution is 6.20. The van der Waals surface area contributed by atoms with Gasteiger partial charge in [-0.05, 0) is 107 Å². The summed E-state index contributed by atoms with van der Waals surface area (Å²) in [6.07, 6.45) is 0. The van der Waals surface area contributed by atoms with E-state index in [4.69, 9.17) is 4.42 Å². The van der Waals surface area contributed by atoms with Gasteiger partial charge in [0, 0.05) is 49.4 Å². The van der Waals surface area contributed by atoms with Crippen LogP contribution in [-0.4, -0.2) is 13.7 Å². The molecule has 4 heteroatoms. The summed E-state index contributed by atoms with van der Waals surface area (Å²) in [6, 6.07) is 76.7. The zero-order valence-electron chi connectivity index (χ0n) is 32.5. The summed E-state index contributed by atoms with van der Waals surface area (Å²) in [4.78, 5) is 0. The van der Waals surface area contributed by atoms with E-state index in [1.54, 1.807) is 0 Å².